The molecule has 6 nitrogen and oxygen atoms in total. The van der Waals surface area contributed by atoms with Crippen LogP contribution in [0.5, 0.6) is 0 Å². The minimum Gasteiger partial charge on any atom is -0.481 e. The Bertz CT molecular complexity index is 237. The zero-order valence-electron chi connectivity index (χ0n) is 8.86. The molecular formula is C9H17NO5. The Balaban J connectivity index is 4.99. The summed E-state index contributed by atoms with van der Waals surface area (Å²) in [5.74, 6) is -2.96. The monoisotopic (exact) mass is 219 g/mol. The first-order valence-electron chi connectivity index (χ1n) is 4.81. The van der Waals surface area contributed by atoms with E-state index in [-0.39, 0.29) is 12.8 Å². The van der Waals surface area contributed by atoms with Crippen LogP contribution in [0, 0.1) is 5.92 Å². The molecular weight excluding hydrogens is 202 g/mol. The van der Waals surface area contributed by atoms with Crippen molar-refractivity contribution in [2.24, 2.45) is 5.92 Å². The van der Waals surface area contributed by atoms with Gasteiger partial charge in [-0.05, 0) is 6.42 Å². The molecule has 0 aliphatic carbocycles. The average molecular weight is 219 g/mol. The van der Waals surface area contributed by atoms with E-state index in [9.17, 15) is 9.59 Å². The van der Waals surface area contributed by atoms with Crippen LogP contribution in [0.1, 0.15) is 33.1 Å². The van der Waals surface area contributed by atoms with Crippen LogP contribution in [0.3, 0.4) is 0 Å². The lowest BCUT2D eigenvalue weighted by atomic mass is 9.78. The first-order chi connectivity index (χ1) is 6.94. The molecule has 0 saturated heterocycles. The third kappa shape index (κ3) is 2.90. The lowest BCUT2D eigenvalue weighted by Gasteiger charge is -2.33. The van der Waals surface area contributed by atoms with E-state index in [1.54, 1.807) is 19.3 Å². The zero-order chi connectivity index (χ0) is 12.1. The van der Waals surface area contributed by atoms with Gasteiger partial charge in [-0.1, -0.05) is 20.3 Å². The Morgan fingerprint density at radius 1 is 1.33 bits per heavy atom. The number of hydrogen-bond donors (Lipinski definition) is 4. The maximum atomic E-state index is 11.0. The minimum atomic E-state index is -1.58. The SMILES string of the molecule is CCC(CC(=O)O)C(CC)(NO)C(=O)O. The van der Waals surface area contributed by atoms with E-state index in [2.05, 4.69) is 0 Å². The number of carbonyl (C=O) groups is 2. The molecule has 0 aromatic carbocycles. The third-order valence-electron chi connectivity index (χ3n) is 2.75. The standard InChI is InChI=1S/C9H17NO5/c1-3-6(5-7(11)12)9(4-2,10-15)8(13)14/h6,10,15H,3-5H2,1-2H3,(H,11,12)(H,13,14). The molecule has 0 radical (unpaired) electrons. The lowest BCUT2D eigenvalue weighted by Crippen LogP contribution is -2.56. The van der Waals surface area contributed by atoms with Crippen molar-refractivity contribution in [3.63, 3.8) is 0 Å². The van der Waals surface area contributed by atoms with Crippen molar-refractivity contribution in [2.75, 3.05) is 0 Å². The zero-order valence-corrected chi connectivity index (χ0v) is 8.86. The summed E-state index contributed by atoms with van der Waals surface area (Å²) in [7, 11) is 0. The van der Waals surface area contributed by atoms with Crippen LogP contribution in [0.15, 0.2) is 0 Å². The van der Waals surface area contributed by atoms with Crippen molar-refractivity contribution >= 4 is 11.9 Å². The number of aliphatic carboxylic acids is 2. The first kappa shape index (κ1) is 13.9. The van der Waals surface area contributed by atoms with Crippen LogP contribution in [0.25, 0.3) is 0 Å². The van der Waals surface area contributed by atoms with Gasteiger partial charge in [0.25, 0.3) is 0 Å². The summed E-state index contributed by atoms with van der Waals surface area (Å²) in [5, 5.41) is 26.6. The smallest absolute Gasteiger partial charge is 0.326 e. The summed E-state index contributed by atoms with van der Waals surface area (Å²) in [6.07, 6.45) is 0.189. The number of hydroxylamine groups is 1. The van der Waals surface area contributed by atoms with E-state index in [1.165, 1.54) is 0 Å². The summed E-state index contributed by atoms with van der Waals surface area (Å²) in [5.41, 5.74) is 0.182. The van der Waals surface area contributed by atoms with Crippen molar-refractivity contribution in [3.8, 4) is 0 Å². The number of nitrogens with one attached hydrogen (secondary N) is 1. The topological polar surface area (TPSA) is 107 Å². The van der Waals surface area contributed by atoms with Crippen LogP contribution in [-0.4, -0.2) is 32.9 Å². The number of rotatable bonds is 7. The second-order valence-corrected chi connectivity index (χ2v) is 3.44. The van der Waals surface area contributed by atoms with Crippen molar-refractivity contribution < 1.29 is 25.0 Å². The van der Waals surface area contributed by atoms with Crippen LogP contribution in [-0.2, 0) is 9.59 Å². The van der Waals surface area contributed by atoms with Crippen molar-refractivity contribution in [1.29, 1.82) is 0 Å². The molecule has 15 heavy (non-hydrogen) atoms. The Morgan fingerprint density at radius 3 is 2.07 bits per heavy atom. The van der Waals surface area contributed by atoms with E-state index < -0.39 is 23.4 Å². The maximum absolute atomic E-state index is 11.0. The van der Waals surface area contributed by atoms with Gasteiger partial charge in [-0.2, -0.15) is 5.48 Å². The molecule has 0 aliphatic rings. The lowest BCUT2D eigenvalue weighted by molar-refractivity contribution is -0.156. The molecule has 4 N–H and O–H groups in total. The number of carboxylic acids is 2. The molecule has 0 saturated carbocycles. The predicted molar refractivity (Wildman–Crippen MR) is 51.6 cm³/mol. The highest BCUT2D eigenvalue weighted by Crippen LogP contribution is 2.27. The van der Waals surface area contributed by atoms with E-state index in [0.29, 0.717) is 6.42 Å². The molecule has 0 fully saturated rings. The summed E-state index contributed by atoms with van der Waals surface area (Å²) < 4.78 is 0. The Kier molecular flexibility index (Phi) is 5.24. The molecule has 0 rings (SSSR count). The molecule has 0 aromatic rings. The van der Waals surface area contributed by atoms with Gasteiger partial charge in [-0.25, -0.2) is 0 Å². The normalized spacial score (nSPS) is 16.7. The van der Waals surface area contributed by atoms with E-state index in [0.717, 1.165) is 0 Å². The molecule has 6 heteroatoms. The molecule has 2 atom stereocenters. The highest BCUT2D eigenvalue weighted by atomic mass is 16.5. The molecule has 0 amide bonds. The molecule has 0 bridgehead atoms. The highest BCUT2D eigenvalue weighted by molar-refractivity contribution is 5.80. The number of carboxylic acid groups (broad SMARTS) is 2. The van der Waals surface area contributed by atoms with Crippen molar-refractivity contribution in [3.05, 3.63) is 0 Å². The molecule has 2 unspecified atom stereocenters. The summed E-state index contributed by atoms with van der Waals surface area (Å²) in [4.78, 5) is 21.6. The number of hydrogen-bond acceptors (Lipinski definition) is 4. The van der Waals surface area contributed by atoms with Crippen LogP contribution in [0.4, 0.5) is 0 Å². The summed E-state index contributed by atoms with van der Waals surface area (Å²) >= 11 is 0. The fourth-order valence-corrected chi connectivity index (χ4v) is 1.71. The second-order valence-electron chi connectivity index (χ2n) is 3.44. The molecule has 88 valence electrons. The second kappa shape index (κ2) is 5.67. The van der Waals surface area contributed by atoms with Crippen LogP contribution in [0.2, 0.25) is 0 Å². The van der Waals surface area contributed by atoms with Gasteiger partial charge in [0.2, 0.25) is 0 Å². The summed E-state index contributed by atoms with van der Waals surface area (Å²) in [6, 6.07) is 0. The Labute approximate surface area is 87.9 Å². The van der Waals surface area contributed by atoms with E-state index in [1.807, 2.05) is 0 Å². The molecule has 0 aromatic heterocycles. The van der Waals surface area contributed by atoms with Crippen molar-refractivity contribution in [2.45, 2.75) is 38.6 Å². The van der Waals surface area contributed by atoms with Gasteiger partial charge in [-0.15, -0.1) is 0 Å². The average Bonchev–Trinajstić information content (AvgIpc) is 2.17. The Hall–Kier alpha value is -1.14. The minimum absolute atomic E-state index is 0.116. The van der Waals surface area contributed by atoms with E-state index >= 15 is 0 Å². The van der Waals surface area contributed by atoms with Gasteiger partial charge in [0, 0.05) is 5.92 Å². The molecule has 0 aliphatic heterocycles. The van der Waals surface area contributed by atoms with Gasteiger partial charge >= 0.3 is 11.9 Å². The Morgan fingerprint density at radius 2 is 1.87 bits per heavy atom. The van der Waals surface area contributed by atoms with Gasteiger partial charge in [0.1, 0.15) is 5.54 Å². The first-order valence-corrected chi connectivity index (χ1v) is 4.81. The summed E-state index contributed by atoms with van der Waals surface area (Å²) in [6.45, 7) is 3.28. The van der Waals surface area contributed by atoms with Gasteiger partial charge < -0.3 is 15.4 Å². The highest BCUT2D eigenvalue weighted by Gasteiger charge is 2.44. The van der Waals surface area contributed by atoms with Crippen LogP contribution >= 0.6 is 0 Å². The molecule has 0 heterocycles. The fourth-order valence-electron chi connectivity index (χ4n) is 1.71. The maximum Gasteiger partial charge on any atom is 0.326 e. The van der Waals surface area contributed by atoms with Crippen molar-refractivity contribution in [1.82, 2.24) is 5.48 Å². The largest absolute Gasteiger partial charge is 0.481 e. The van der Waals surface area contributed by atoms with Gasteiger partial charge in [0.05, 0.1) is 6.42 Å². The molecule has 0 spiro atoms. The van der Waals surface area contributed by atoms with Gasteiger partial charge in [0.15, 0.2) is 0 Å². The quantitative estimate of drug-likeness (QED) is 0.469. The van der Waals surface area contributed by atoms with Gasteiger partial charge in [-0.3, -0.25) is 9.59 Å². The third-order valence-corrected chi connectivity index (χ3v) is 2.75. The van der Waals surface area contributed by atoms with Crippen LogP contribution < -0.4 is 5.48 Å². The predicted octanol–water partition coefficient (Wildman–Crippen LogP) is 0.699. The van der Waals surface area contributed by atoms with E-state index in [4.69, 9.17) is 15.4 Å². The fraction of sp³-hybridized carbons (Fsp3) is 0.778.